The molecule has 0 saturated heterocycles. The second-order valence-electron chi connectivity index (χ2n) is 5.08. The van der Waals surface area contributed by atoms with Crippen LogP contribution in [0.5, 0.6) is 0 Å². The number of nitrogens with zero attached hydrogens (tertiary/aromatic N) is 3. The second-order valence-corrected chi connectivity index (χ2v) is 5.08. The first kappa shape index (κ1) is 13.4. The van der Waals surface area contributed by atoms with Crippen molar-refractivity contribution in [3.63, 3.8) is 0 Å². The molecule has 6 heteroatoms. The molecule has 1 aliphatic carbocycles. The SMILES string of the molecule is CCc1cn(N=C2CCc3c(C(=N)N)cccc32)c(N)n1. The van der Waals surface area contributed by atoms with Gasteiger partial charge >= 0.3 is 0 Å². The van der Waals surface area contributed by atoms with Gasteiger partial charge in [-0.1, -0.05) is 25.1 Å². The van der Waals surface area contributed by atoms with Crippen molar-refractivity contribution in [1.82, 2.24) is 9.66 Å². The number of nitrogens with two attached hydrogens (primary N) is 2. The minimum Gasteiger partial charge on any atom is -0.384 e. The summed E-state index contributed by atoms with van der Waals surface area (Å²) in [6.45, 7) is 2.03. The van der Waals surface area contributed by atoms with Gasteiger partial charge in [0.1, 0.15) is 5.84 Å². The summed E-state index contributed by atoms with van der Waals surface area (Å²) in [5, 5.41) is 12.3. The average molecular weight is 282 g/mol. The summed E-state index contributed by atoms with van der Waals surface area (Å²) in [5.74, 6) is 0.499. The zero-order valence-corrected chi connectivity index (χ0v) is 11.9. The summed E-state index contributed by atoms with van der Waals surface area (Å²) in [6.07, 6.45) is 4.35. The minimum atomic E-state index is 0.100. The standard InChI is InChI=1S/C15H18N6/c1-2-9-8-21(15(18)19-9)20-13-7-6-10-11(13)4-3-5-12(10)14(16)17/h3-5,8H,2,6-7H2,1H3,(H3,16,17)(H2,18,19). The summed E-state index contributed by atoms with van der Waals surface area (Å²) in [7, 11) is 0. The van der Waals surface area contributed by atoms with E-state index in [1.54, 1.807) is 4.68 Å². The number of aryl methyl sites for hydroxylation is 1. The van der Waals surface area contributed by atoms with Gasteiger partial charge < -0.3 is 11.5 Å². The second kappa shape index (κ2) is 5.05. The van der Waals surface area contributed by atoms with Crippen LogP contribution in [0.2, 0.25) is 0 Å². The molecule has 0 fully saturated rings. The Bertz CT molecular complexity index is 741. The molecule has 0 aliphatic heterocycles. The molecule has 6 nitrogen and oxygen atoms in total. The van der Waals surface area contributed by atoms with Gasteiger partial charge in [-0.3, -0.25) is 5.41 Å². The van der Waals surface area contributed by atoms with Gasteiger partial charge in [-0.05, 0) is 24.8 Å². The zero-order valence-electron chi connectivity index (χ0n) is 11.9. The van der Waals surface area contributed by atoms with E-state index in [1.165, 1.54) is 0 Å². The first-order valence-electron chi connectivity index (χ1n) is 6.98. The molecule has 0 spiro atoms. The maximum absolute atomic E-state index is 7.66. The van der Waals surface area contributed by atoms with Crippen molar-refractivity contribution in [3.8, 4) is 0 Å². The predicted octanol–water partition coefficient (Wildman–Crippen LogP) is 1.51. The van der Waals surface area contributed by atoms with E-state index in [1.807, 2.05) is 31.3 Å². The Kier molecular flexibility index (Phi) is 3.21. The molecule has 0 amide bonds. The maximum Gasteiger partial charge on any atom is 0.221 e. The number of nitrogens with one attached hydrogen (secondary N) is 1. The zero-order chi connectivity index (χ0) is 15.0. The molecular formula is C15H18N6. The number of hydrogen-bond donors (Lipinski definition) is 3. The molecular weight excluding hydrogens is 264 g/mol. The lowest BCUT2D eigenvalue weighted by Gasteiger charge is -2.06. The number of imidazole rings is 1. The highest BCUT2D eigenvalue weighted by atomic mass is 15.4. The van der Waals surface area contributed by atoms with Crippen molar-refractivity contribution in [1.29, 1.82) is 5.41 Å². The maximum atomic E-state index is 7.66. The first-order valence-corrected chi connectivity index (χ1v) is 6.98. The lowest BCUT2D eigenvalue weighted by atomic mass is 10.0. The van der Waals surface area contributed by atoms with E-state index >= 15 is 0 Å². The molecule has 0 radical (unpaired) electrons. The Morgan fingerprint density at radius 3 is 2.90 bits per heavy atom. The Hall–Kier alpha value is -2.63. The van der Waals surface area contributed by atoms with E-state index in [2.05, 4.69) is 10.1 Å². The fourth-order valence-electron chi connectivity index (χ4n) is 2.68. The summed E-state index contributed by atoms with van der Waals surface area (Å²) < 4.78 is 1.63. The van der Waals surface area contributed by atoms with Gasteiger partial charge in [0.05, 0.1) is 17.6 Å². The van der Waals surface area contributed by atoms with Gasteiger partial charge in [-0.25, -0.2) is 9.66 Å². The molecule has 2 aromatic rings. The van der Waals surface area contributed by atoms with Crippen molar-refractivity contribution < 1.29 is 0 Å². The fraction of sp³-hybridized carbons (Fsp3) is 0.267. The van der Waals surface area contributed by atoms with Crippen LogP contribution in [0.1, 0.15) is 35.7 Å². The van der Waals surface area contributed by atoms with Crippen LogP contribution in [-0.2, 0) is 12.8 Å². The Morgan fingerprint density at radius 1 is 1.43 bits per heavy atom. The normalized spacial score (nSPS) is 15.4. The van der Waals surface area contributed by atoms with Gasteiger partial charge in [-0.15, -0.1) is 0 Å². The van der Waals surface area contributed by atoms with Crippen molar-refractivity contribution in [2.75, 3.05) is 5.73 Å². The molecule has 5 N–H and O–H groups in total. The van der Waals surface area contributed by atoms with E-state index in [4.69, 9.17) is 16.9 Å². The monoisotopic (exact) mass is 282 g/mol. The number of hydrogen-bond acceptors (Lipinski definition) is 4. The van der Waals surface area contributed by atoms with Gasteiger partial charge in [0.15, 0.2) is 0 Å². The minimum absolute atomic E-state index is 0.100. The topological polar surface area (TPSA) is 106 Å². The van der Waals surface area contributed by atoms with Crippen molar-refractivity contribution in [2.24, 2.45) is 10.8 Å². The molecule has 0 unspecified atom stereocenters. The van der Waals surface area contributed by atoms with Crippen LogP contribution in [0.3, 0.4) is 0 Å². The number of nitrogen functional groups attached to an aromatic ring is 2. The number of amidine groups is 1. The summed E-state index contributed by atoms with van der Waals surface area (Å²) >= 11 is 0. The predicted molar refractivity (Wildman–Crippen MR) is 83.7 cm³/mol. The fourth-order valence-corrected chi connectivity index (χ4v) is 2.68. The van der Waals surface area contributed by atoms with Crippen LogP contribution in [0.25, 0.3) is 0 Å². The summed E-state index contributed by atoms with van der Waals surface area (Å²) in [4.78, 5) is 4.25. The van der Waals surface area contributed by atoms with Crippen molar-refractivity contribution in [3.05, 3.63) is 46.8 Å². The average Bonchev–Trinajstić information content (AvgIpc) is 3.03. The third-order valence-corrected chi connectivity index (χ3v) is 3.74. The van der Waals surface area contributed by atoms with Crippen LogP contribution >= 0.6 is 0 Å². The smallest absolute Gasteiger partial charge is 0.221 e. The van der Waals surface area contributed by atoms with Gasteiger partial charge in [0, 0.05) is 11.1 Å². The van der Waals surface area contributed by atoms with Gasteiger partial charge in [0.25, 0.3) is 0 Å². The van der Waals surface area contributed by atoms with Gasteiger partial charge in [0.2, 0.25) is 5.95 Å². The van der Waals surface area contributed by atoms with E-state index in [0.29, 0.717) is 5.95 Å². The number of benzene rings is 1. The van der Waals surface area contributed by atoms with E-state index in [9.17, 15) is 0 Å². The molecule has 0 bridgehead atoms. The molecule has 1 aromatic heterocycles. The molecule has 0 saturated carbocycles. The number of aromatic nitrogens is 2. The van der Waals surface area contributed by atoms with E-state index in [-0.39, 0.29) is 5.84 Å². The lowest BCUT2D eigenvalue weighted by molar-refractivity contribution is 0.881. The highest BCUT2D eigenvalue weighted by molar-refractivity contribution is 6.08. The third-order valence-electron chi connectivity index (χ3n) is 3.74. The summed E-state index contributed by atoms with van der Waals surface area (Å²) in [5.41, 5.74) is 16.3. The van der Waals surface area contributed by atoms with Crippen LogP contribution in [0, 0.1) is 5.41 Å². The van der Waals surface area contributed by atoms with Crippen LogP contribution in [0.4, 0.5) is 5.95 Å². The first-order chi connectivity index (χ1) is 10.1. The molecule has 1 aromatic carbocycles. The van der Waals surface area contributed by atoms with E-state index < -0.39 is 0 Å². The van der Waals surface area contributed by atoms with Crippen LogP contribution < -0.4 is 11.5 Å². The molecule has 1 aliphatic rings. The molecule has 3 rings (SSSR count). The quantitative estimate of drug-likeness (QED) is 0.586. The van der Waals surface area contributed by atoms with Crippen molar-refractivity contribution in [2.45, 2.75) is 26.2 Å². The Balaban J connectivity index is 2.04. The Labute approximate surface area is 123 Å². The number of rotatable bonds is 3. The third kappa shape index (κ3) is 2.29. The molecule has 1 heterocycles. The highest BCUT2D eigenvalue weighted by Crippen LogP contribution is 2.26. The summed E-state index contributed by atoms with van der Waals surface area (Å²) in [6, 6.07) is 5.80. The number of anilines is 1. The van der Waals surface area contributed by atoms with Crippen molar-refractivity contribution >= 4 is 17.5 Å². The molecule has 0 atom stereocenters. The molecule has 108 valence electrons. The largest absolute Gasteiger partial charge is 0.384 e. The van der Waals surface area contributed by atoms with Crippen LogP contribution in [-0.4, -0.2) is 21.2 Å². The Morgan fingerprint density at radius 2 is 2.24 bits per heavy atom. The van der Waals surface area contributed by atoms with Crippen LogP contribution in [0.15, 0.2) is 29.5 Å². The highest BCUT2D eigenvalue weighted by Gasteiger charge is 2.22. The van der Waals surface area contributed by atoms with Gasteiger partial charge in [-0.2, -0.15) is 5.10 Å². The number of fused-ring (bicyclic) bond motifs is 1. The molecule has 21 heavy (non-hydrogen) atoms. The van der Waals surface area contributed by atoms with E-state index in [0.717, 1.165) is 47.4 Å². The lowest BCUT2D eigenvalue weighted by Crippen LogP contribution is -2.13.